The van der Waals surface area contributed by atoms with E-state index in [1.54, 1.807) is 22.3 Å². The molecule has 24 heavy (non-hydrogen) atoms. The van der Waals surface area contributed by atoms with E-state index in [0.29, 0.717) is 18.8 Å². The van der Waals surface area contributed by atoms with E-state index in [0.717, 1.165) is 30.8 Å². The van der Waals surface area contributed by atoms with Gasteiger partial charge >= 0.3 is 0 Å². The van der Waals surface area contributed by atoms with Crippen LogP contribution in [-0.2, 0) is 14.4 Å². The first-order valence-electron chi connectivity index (χ1n) is 8.26. The lowest BCUT2D eigenvalue weighted by Gasteiger charge is -2.17. The maximum atomic E-state index is 12.5. The van der Waals surface area contributed by atoms with E-state index in [1.807, 2.05) is 28.5 Å². The van der Waals surface area contributed by atoms with E-state index in [4.69, 9.17) is 4.84 Å². The van der Waals surface area contributed by atoms with E-state index in [2.05, 4.69) is 5.16 Å². The molecule has 0 radical (unpaired) electrons. The van der Waals surface area contributed by atoms with Crippen LogP contribution in [0, 0.1) is 5.92 Å². The van der Waals surface area contributed by atoms with Crippen LogP contribution in [0.3, 0.4) is 0 Å². The average molecular weight is 345 g/mol. The van der Waals surface area contributed by atoms with Crippen LogP contribution >= 0.6 is 11.3 Å². The summed E-state index contributed by atoms with van der Waals surface area (Å²) in [7, 11) is 0. The Bertz CT molecular complexity index is 692. The highest BCUT2D eigenvalue weighted by Crippen LogP contribution is 2.29. The fourth-order valence-corrected chi connectivity index (χ4v) is 4.06. The molecule has 2 atom stereocenters. The predicted molar refractivity (Wildman–Crippen MR) is 91.5 cm³/mol. The third-order valence-electron chi connectivity index (χ3n) is 4.76. The molecular weight excluding hydrogens is 326 g/mol. The van der Waals surface area contributed by atoms with Crippen LogP contribution in [0.25, 0.3) is 6.08 Å². The van der Waals surface area contributed by atoms with Gasteiger partial charge in [0.05, 0.1) is 12.5 Å². The molecule has 3 aliphatic heterocycles. The van der Waals surface area contributed by atoms with Gasteiger partial charge in [-0.25, -0.2) is 0 Å². The summed E-state index contributed by atoms with van der Waals surface area (Å²) in [4.78, 5) is 35.0. The van der Waals surface area contributed by atoms with Gasteiger partial charge in [-0.2, -0.15) is 0 Å². The topological polar surface area (TPSA) is 62.2 Å². The molecule has 2 saturated heterocycles. The smallest absolute Gasteiger partial charge is 0.272 e. The van der Waals surface area contributed by atoms with Gasteiger partial charge in [-0.1, -0.05) is 11.2 Å². The van der Waals surface area contributed by atoms with Crippen molar-refractivity contribution in [2.75, 3.05) is 26.2 Å². The molecule has 1 aromatic rings. The van der Waals surface area contributed by atoms with Crippen molar-refractivity contribution in [1.82, 2.24) is 9.80 Å². The lowest BCUT2D eigenvalue weighted by Crippen LogP contribution is -2.39. The maximum absolute atomic E-state index is 12.5. The zero-order valence-corrected chi connectivity index (χ0v) is 14.1. The molecule has 2 fully saturated rings. The quantitative estimate of drug-likeness (QED) is 0.782. The summed E-state index contributed by atoms with van der Waals surface area (Å²) < 4.78 is 0. The molecule has 4 heterocycles. The minimum Gasteiger partial charge on any atom is -0.389 e. The largest absolute Gasteiger partial charge is 0.389 e. The molecule has 4 rings (SSSR count). The molecule has 0 saturated carbocycles. The number of amides is 2. The Morgan fingerprint density at radius 2 is 2.08 bits per heavy atom. The Morgan fingerprint density at radius 3 is 2.83 bits per heavy atom. The Hall–Kier alpha value is -2.15. The first-order chi connectivity index (χ1) is 11.7. The number of thiophene rings is 1. The molecule has 6 nitrogen and oxygen atoms in total. The van der Waals surface area contributed by atoms with Gasteiger partial charge in [0.25, 0.3) is 5.91 Å². The molecule has 2 amide bonds. The minimum absolute atomic E-state index is 0.0246. The monoisotopic (exact) mass is 345 g/mol. The van der Waals surface area contributed by atoms with Crippen LogP contribution in [0.1, 0.15) is 17.7 Å². The molecule has 0 N–H and O–H groups in total. The van der Waals surface area contributed by atoms with Crippen LogP contribution in [0.4, 0.5) is 0 Å². The molecule has 0 unspecified atom stereocenters. The highest BCUT2D eigenvalue weighted by atomic mass is 32.1. The van der Waals surface area contributed by atoms with Crippen LogP contribution in [-0.4, -0.2) is 59.6 Å². The molecule has 1 aromatic heterocycles. The number of hydrogen-bond donors (Lipinski definition) is 0. The number of oxime groups is 1. The highest BCUT2D eigenvalue weighted by Gasteiger charge is 2.46. The predicted octanol–water partition coefficient (Wildman–Crippen LogP) is 1.60. The van der Waals surface area contributed by atoms with Crippen LogP contribution in [0.2, 0.25) is 0 Å². The van der Waals surface area contributed by atoms with Crippen LogP contribution in [0.15, 0.2) is 28.7 Å². The van der Waals surface area contributed by atoms with Gasteiger partial charge in [0, 0.05) is 30.6 Å². The zero-order valence-electron chi connectivity index (χ0n) is 13.3. The highest BCUT2D eigenvalue weighted by molar-refractivity contribution is 7.10. The van der Waals surface area contributed by atoms with Crippen molar-refractivity contribution < 1.29 is 14.4 Å². The SMILES string of the molecule is O=C(/C=C/c1cccs1)N1C[C@@H]2C(C(=O)N3CCCC3)=NO[C@@H]2C1. The summed E-state index contributed by atoms with van der Waals surface area (Å²) in [5, 5.41) is 5.99. The Balaban J connectivity index is 1.40. The van der Waals surface area contributed by atoms with Gasteiger partial charge in [-0.3, -0.25) is 9.59 Å². The first-order valence-corrected chi connectivity index (χ1v) is 9.14. The Morgan fingerprint density at radius 1 is 1.25 bits per heavy atom. The Kier molecular flexibility index (Phi) is 4.10. The zero-order chi connectivity index (χ0) is 16.5. The fourth-order valence-electron chi connectivity index (χ4n) is 3.44. The van der Waals surface area contributed by atoms with Crippen LogP contribution < -0.4 is 0 Å². The standard InChI is InChI=1S/C17H19N3O3S/c21-15(6-5-12-4-3-9-24-12)20-10-13-14(11-20)23-18-16(13)17(22)19-7-1-2-8-19/h3-6,9,13-14H,1-2,7-8,10-11H2/b6-5+/t13-,14+/m0/s1. The van der Waals surface area contributed by atoms with Gasteiger partial charge in [0.15, 0.2) is 11.8 Å². The molecule has 0 aromatic carbocycles. The normalized spacial score (nSPS) is 25.9. The second kappa shape index (κ2) is 6.39. The van der Waals surface area contributed by atoms with Crippen LogP contribution in [0.5, 0.6) is 0 Å². The van der Waals surface area contributed by atoms with Gasteiger partial charge < -0.3 is 14.6 Å². The van der Waals surface area contributed by atoms with Crippen molar-refractivity contribution in [1.29, 1.82) is 0 Å². The van der Waals surface area contributed by atoms with E-state index in [1.165, 1.54) is 0 Å². The Labute approximate surface area is 144 Å². The number of carbonyl (C=O) groups is 2. The van der Waals surface area contributed by atoms with Crippen molar-refractivity contribution >= 4 is 34.9 Å². The summed E-state index contributed by atoms with van der Waals surface area (Å²) in [6.07, 6.45) is 5.32. The number of hydrogen-bond acceptors (Lipinski definition) is 5. The minimum atomic E-state index is -0.189. The maximum Gasteiger partial charge on any atom is 0.272 e. The van der Waals surface area contributed by atoms with E-state index in [-0.39, 0.29) is 23.8 Å². The number of rotatable bonds is 3. The molecule has 7 heteroatoms. The van der Waals surface area contributed by atoms with Gasteiger partial charge in [0.1, 0.15) is 0 Å². The first kappa shape index (κ1) is 15.4. The summed E-state index contributed by atoms with van der Waals surface area (Å²) in [6, 6.07) is 3.92. The lowest BCUT2D eigenvalue weighted by atomic mass is 10.00. The molecule has 3 aliphatic rings. The number of nitrogens with zero attached hydrogens (tertiary/aromatic N) is 3. The second-order valence-electron chi connectivity index (χ2n) is 6.32. The molecule has 0 aliphatic carbocycles. The summed E-state index contributed by atoms with van der Waals surface area (Å²) >= 11 is 1.59. The summed E-state index contributed by atoms with van der Waals surface area (Å²) in [5.74, 6) is -0.171. The van der Waals surface area contributed by atoms with E-state index in [9.17, 15) is 9.59 Å². The molecule has 126 valence electrons. The van der Waals surface area contributed by atoms with Crippen molar-refractivity contribution in [2.24, 2.45) is 11.1 Å². The fraction of sp³-hybridized carbons (Fsp3) is 0.471. The molecule has 0 spiro atoms. The van der Waals surface area contributed by atoms with Crippen molar-refractivity contribution in [3.05, 3.63) is 28.5 Å². The number of fused-ring (bicyclic) bond motifs is 1. The molecule has 0 bridgehead atoms. The summed E-state index contributed by atoms with van der Waals surface area (Å²) in [6.45, 7) is 2.57. The van der Waals surface area contributed by atoms with E-state index >= 15 is 0 Å². The van der Waals surface area contributed by atoms with Gasteiger partial charge in [-0.05, 0) is 30.4 Å². The molecular formula is C17H19N3O3S. The van der Waals surface area contributed by atoms with Crippen molar-refractivity contribution in [3.63, 3.8) is 0 Å². The number of carbonyl (C=O) groups excluding carboxylic acids is 2. The van der Waals surface area contributed by atoms with E-state index < -0.39 is 0 Å². The number of likely N-dealkylation sites (tertiary alicyclic amines) is 2. The third-order valence-corrected chi connectivity index (χ3v) is 5.60. The van der Waals surface area contributed by atoms with Crippen molar-refractivity contribution in [3.8, 4) is 0 Å². The second-order valence-corrected chi connectivity index (χ2v) is 7.30. The van der Waals surface area contributed by atoms with Gasteiger partial charge in [-0.15, -0.1) is 11.3 Å². The summed E-state index contributed by atoms with van der Waals surface area (Å²) in [5.41, 5.74) is 0.486. The van der Waals surface area contributed by atoms with Gasteiger partial charge in [0.2, 0.25) is 5.91 Å². The van der Waals surface area contributed by atoms with Crippen molar-refractivity contribution in [2.45, 2.75) is 18.9 Å². The lowest BCUT2D eigenvalue weighted by molar-refractivity contribution is -0.126. The average Bonchev–Trinajstić information content (AvgIpc) is 3.37. The third kappa shape index (κ3) is 2.84.